The monoisotopic (exact) mass is 328 g/mol. The molecule has 23 heavy (non-hydrogen) atoms. The molecule has 3 rings (SSSR count). The highest BCUT2D eigenvalue weighted by Gasteiger charge is 2.29. The molecule has 0 saturated carbocycles. The van der Waals surface area contributed by atoms with Gasteiger partial charge in [0, 0.05) is 15.9 Å². The van der Waals surface area contributed by atoms with Crippen LogP contribution in [0.3, 0.4) is 0 Å². The molecular formula is C18H14FO3P. The summed E-state index contributed by atoms with van der Waals surface area (Å²) in [6.45, 7) is 0. The highest BCUT2D eigenvalue weighted by atomic mass is 31.2. The molecule has 0 bridgehead atoms. The van der Waals surface area contributed by atoms with Crippen LogP contribution in [0.25, 0.3) is 0 Å². The normalized spacial score (nSPS) is 11.3. The van der Waals surface area contributed by atoms with Gasteiger partial charge in [-0.1, -0.05) is 0 Å². The van der Waals surface area contributed by atoms with Crippen LogP contribution in [0.5, 0.6) is 11.5 Å². The summed E-state index contributed by atoms with van der Waals surface area (Å²) < 4.78 is 27.1. The lowest BCUT2D eigenvalue weighted by Crippen LogP contribution is -2.24. The molecule has 0 atom stereocenters. The Morgan fingerprint density at radius 2 is 0.913 bits per heavy atom. The molecule has 0 radical (unpaired) electrons. The van der Waals surface area contributed by atoms with Gasteiger partial charge in [-0.15, -0.1) is 0 Å². The van der Waals surface area contributed by atoms with Crippen molar-refractivity contribution in [3.05, 3.63) is 78.6 Å². The van der Waals surface area contributed by atoms with E-state index in [1.807, 2.05) is 0 Å². The Bertz CT molecular complexity index is 739. The second kappa shape index (κ2) is 5.90. The Kier molecular flexibility index (Phi) is 3.93. The summed E-state index contributed by atoms with van der Waals surface area (Å²) in [7, 11) is -3.22. The Hall–Kier alpha value is -2.58. The number of aromatic hydroxyl groups is 2. The van der Waals surface area contributed by atoms with Gasteiger partial charge in [-0.05, 0) is 72.8 Å². The first kappa shape index (κ1) is 15.3. The third-order valence-electron chi connectivity index (χ3n) is 3.62. The minimum Gasteiger partial charge on any atom is -0.508 e. The van der Waals surface area contributed by atoms with Gasteiger partial charge in [0.05, 0.1) is 0 Å². The lowest BCUT2D eigenvalue weighted by Gasteiger charge is -2.20. The Morgan fingerprint density at radius 1 is 0.609 bits per heavy atom. The van der Waals surface area contributed by atoms with E-state index in [1.54, 1.807) is 24.3 Å². The van der Waals surface area contributed by atoms with Crippen molar-refractivity contribution in [3.63, 3.8) is 0 Å². The standard InChI is InChI=1S/C18H14FO3P/c19-13-1-7-16(8-2-13)23(22,17-9-3-14(20)4-10-17)18-11-5-15(21)6-12-18/h1-12,20-21H. The third kappa shape index (κ3) is 2.86. The number of hydrogen-bond donors (Lipinski definition) is 2. The van der Waals surface area contributed by atoms with Crippen molar-refractivity contribution in [1.82, 2.24) is 0 Å². The molecule has 3 nitrogen and oxygen atoms in total. The van der Waals surface area contributed by atoms with Gasteiger partial charge in [-0.25, -0.2) is 4.39 Å². The molecule has 2 N–H and O–H groups in total. The van der Waals surface area contributed by atoms with Crippen LogP contribution in [0.15, 0.2) is 72.8 Å². The van der Waals surface area contributed by atoms with Crippen molar-refractivity contribution in [2.45, 2.75) is 0 Å². The van der Waals surface area contributed by atoms with Gasteiger partial charge < -0.3 is 14.8 Å². The minimum atomic E-state index is -3.22. The summed E-state index contributed by atoms with van der Waals surface area (Å²) in [4.78, 5) is 0. The van der Waals surface area contributed by atoms with Crippen LogP contribution in [0.4, 0.5) is 4.39 Å². The fourth-order valence-corrected chi connectivity index (χ4v) is 5.02. The molecule has 116 valence electrons. The molecule has 0 aliphatic heterocycles. The van der Waals surface area contributed by atoms with Crippen LogP contribution < -0.4 is 15.9 Å². The van der Waals surface area contributed by atoms with Gasteiger partial charge in [0.2, 0.25) is 0 Å². The quantitative estimate of drug-likeness (QED) is 0.727. The number of phenols is 2. The van der Waals surface area contributed by atoms with Gasteiger partial charge >= 0.3 is 0 Å². The largest absolute Gasteiger partial charge is 0.508 e. The van der Waals surface area contributed by atoms with Gasteiger partial charge in [0.1, 0.15) is 17.3 Å². The number of hydrogen-bond acceptors (Lipinski definition) is 3. The molecule has 0 heterocycles. The van der Waals surface area contributed by atoms with E-state index in [4.69, 9.17) is 0 Å². The van der Waals surface area contributed by atoms with Crippen molar-refractivity contribution in [2.75, 3.05) is 0 Å². The fraction of sp³-hybridized carbons (Fsp3) is 0. The number of benzene rings is 3. The maximum Gasteiger partial charge on any atom is 0.171 e. The van der Waals surface area contributed by atoms with Crippen molar-refractivity contribution in [3.8, 4) is 11.5 Å². The van der Waals surface area contributed by atoms with Crippen molar-refractivity contribution in [1.29, 1.82) is 0 Å². The number of rotatable bonds is 3. The molecule has 0 spiro atoms. The summed E-state index contributed by atoms with van der Waals surface area (Å²) in [6.07, 6.45) is 0. The van der Waals surface area contributed by atoms with E-state index in [0.29, 0.717) is 15.9 Å². The van der Waals surface area contributed by atoms with E-state index in [9.17, 15) is 19.2 Å². The molecule has 0 saturated heterocycles. The maximum atomic E-state index is 13.9. The molecule has 3 aromatic carbocycles. The average molecular weight is 328 g/mol. The van der Waals surface area contributed by atoms with Gasteiger partial charge in [0.15, 0.2) is 7.14 Å². The van der Waals surface area contributed by atoms with Crippen LogP contribution in [-0.2, 0) is 4.57 Å². The first-order valence-corrected chi connectivity index (χ1v) is 8.66. The SMILES string of the molecule is O=P(c1ccc(O)cc1)(c1ccc(O)cc1)c1ccc(F)cc1. The summed E-state index contributed by atoms with van der Waals surface area (Å²) in [5.74, 6) is -0.257. The Morgan fingerprint density at radius 3 is 1.26 bits per heavy atom. The molecule has 0 unspecified atom stereocenters. The van der Waals surface area contributed by atoms with E-state index in [2.05, 4.69) is 0 Å². The molecule has 0 fully saturated rings. The van der Waals surface area contributed by atoms with E-state index in [-0.39, 0.29) is 11.5 Å². The molecule has 0 aromatic heterocycles. The smallest absolute Gasteiger partial charge is 0.171 e. The van der Waals surface area contributed by atoms with Gasteiger partial charge in [0.25, 0.3) is 0 Å². The maximum absolute atomic E-state index is 13.9. The van der Waals surface area contributed by atoms with E-state index in [1.165, 1.54) is 48.5 Å². The number of halogens is 1. The number of phenolic OH excluding ortho intramolecular Hbond substituents is 2. The molecule has 3 aromatic rings. The zero-order valence-electron chi connectivity index (χ0n) is 12.1. The van der Waals surface area contributed by atoms with Crippen LogP contribution >= 0.6 is 7.14 Å². The third-order valence-corrected chi connectivity index (χ3v) is 6.69. The summed E-state index contributed by atoms with van der Waals surface area (Å²) in [5, 5.41) is 20.5. The van der Waals surface area contributed by atoms with Crippen LogP contribution in [-0.4, -0.2) is 10.2 Å². The zero-order chi connectivity index (χ0) is 16.4. The van der Waals surface area contributed by atoms with Crippen LogP contribution in [0.2, 0.25) is 0 Å². The second-order valence-electron chi connectivity index (χ2n) is 5.12. The highest BCUT2D eigenvalue weighted by Crippen LogP contribution is 2.42. The summed E-state index contributed by atoms with van der Waals surface area (Å²) in [5.41, 5.74) is 0. The lowest BCUT2D eigenvalue weighted by molar-refractivity contribution is 0.475. The van der Waals surface area contributed by atoms with Crippen molar-refractivity contribution >= 4 is 23.1 Å². The first-order valence-electron chi connectivity index (χ1n) is 6.95. The Balaban J connectivity index is 2.24. The minimum absolute atomic E-state index is 0.0742. The van der Waals surface area contributed by atoms with Crippen LogP contribution in [0, 0.1) is 5.82 Å². The van der Waals surface area contributed by atoms with E-state index < -0.39 is 13.0 Å². The first-order chi connectivity index (χ1) is 11.0. The molecule has 5 heteroatoms. The predicted molar refractivity (Wildman–Crippen MR) is 89.1 cm³/mol. The molecule has 0 amide bonds. The predicted octanol–water partition coefficient (Wildman–Crippen LogP) is 2.88. The van der Waals surface area contributed by atoms with Crippen molar-refractivity contribution in [2.24, 2.45) is 0 Å². The second-order valence-corrected chi connectivity index (χ2v) is 7.89. The summed E-state index contributed by atoms with van der Waals surface area (Å²) >= 11 is 0. The highest BCUT2D eigenvalue weighted by molar-refractivity contribution is 7.85. The van der Waals surface area contributed by atoms with E-state index in [0.717, 1.165) is 0 Å². The van der Waals surface area contributed by atoms with E-state index >= 15 is 0 Å². The van der Waals surface area contributed by atoms with Gasteiger partial charge in [-0.2, -0.15) is 0 Å². The molecular weight excluding hydrogens is 314 g/mol. The van der Waals surface area contributed by atoms with Gasteiger partial charge in [-0.3, -0.25) is 0 Å². The van der Waals surface area contributed by atoms with Crippen molar-refractivity contribution < 1.29 is 19.2 Å². The topological polar surface area (TPSA) is 57.5 Å². The lowest BCUT2D eigenvalue weighted by atomic mass is 10.3. The fourth-order valence-electron chi connectivity index (χ4n) is 2.42. The zero-order valence-corrected chi connectivity index (χ0v) is 13.0. The summed E-state index contributed by atoms with van der Waals surface area (Å²) in [6, 6.07) is 17.7. The average Bonchev–Trinajstić information content (AvgIpc) is 2.56. The van der Waals surface area contributed by atoms with Crippen LogP contribution in [0.1, 0.15) is 0 Å². The molecule has 0 aliphatic rings. The molecule has 0 aliphatic carbocycles. The Labute approximate surface area is 133 Å².